The summed E-state index contributed by atoms with van der Waals surface area (Å²) in [5, 5.41) is 0. The van der Waals surface area contributed by atoms with Crippen LogP contribution in [0.1, 0.15) is 45.2 Å². The highest BCUT2D eigenvalue weighted by Gasteiger charge is 2.37. The Bertz CT molecular complexity index is 381. The van der Waals surface area contributed by atoms with Gasteiger partial charge >= 0.3 is 0 Å². The molecule has 1 aromatic heterocycles. The highest BCUT2D eigenvalue weighted by Crippen LogP contribution is 2.35. The van der Waals surface area contributed by atoms with E-state index in [2.05, 4.69) is 24.3 Å². The minimum Gasteiger partial charge on any atom is -0.495 e. The Labute approximate surface area is 115 Å². The summed E-state index contributed by atoms with van der Waals surface area (Å²) in [4.78, 5) is 4.19. The fourth-order valence-corrected chi connectivity index (χ4v) is 2.49. The molecule has 5 nitrogen and oxygen atoms in total. The zero-order chi connectivity index (χ0) is 14.3. The van der Waals surface area contributed by atoms with Crippen molar-refractivity contribution in [3.8, 4) is 5.75 Å². The molecule has 108 valence electrons. The molecular formula is C14H25N3O2. The number of methoxy groups -OCH3 is 1. The average Bonchev–Trinajstić information content (AvgIpc) is 2.47. The van der Waals surface area contributed by atoms with Crippen LogP contribution in [0.2, 0.25) is 0 Å². The smallest absolute Gasteiger partial charge is 0.137 e. The molecule has 1 unspecified atom stereocenters. The monoisotopic (exact) mass is 267 g/mol. The molecule has 0 radical (unpaired) electrons. The van der Waals surface area contributed by atoms with Crippen molar-refractivity contribution < 1.29 is 9.47 Å². The first kappa shape index (κ1) is 15.9. The first-order chi connectivity index (χ1) is 9.17. The predicted molar refractivity (Wildman–Crippen MR) is 75.8 cm³/mol. The average molecular weight is 267 g/mol. The Kier molecular flexibility index (Phi) is 6.21. The van der Waals surface area contributed by atoms with E-state index in [1.165, 1.54) is 0 Å². The van der Waals surface area contributed by atoms with Gasteiger partial charge in [0.2, 0.25) is 0 Å². The Hall–Kier alpha value is -1.17. The van der Waals surface area contributed by atoms with Crippen molar-refractivity contribution in [1.82, 2.24) is 10.4 Å². The Morgan fingerprint density at radius 1 is 1.32 bits per heavy atom. The molecule has 0 bridgehead atoms. The molecule has 5 heteroatoms. The van der Waals surface area contributed by atoms with Gasteiger partial charge in [0.05, 0.1) is 24.9 Å². The Morgan fingerprint density at radius 3 is 2.47 bits per heavy atom. The summed E-state index contributed by atoms with van der Waals surface area (Å²) in [6, 6.07) is 1.82. The van der Waals surface area contributed by atoms with Crippen molar-refractivity contribution >= 4 is 0 Å². The molecule has 1 atom stereocenters. The van der Waals surface area contributed by atoms with Gasteiger partial charge in [0.1, 0.15) is 5.75 Å². The lowest BCUT2D eigenvalue weighted by atomic mass is 9.84. The molecule has 0 amide bonds. The van der Waals surface area contributed by atoms with Gasteiger partial charge in [-0.25, -0.2) is 0 Å². The van der Waals surface area contributed by atoms with E-state index in [0.29, 0.717) is 6.61 Å². The summed E-state index contributed by atoms with van der Waals surface area (Å²) in [7, 11) is 1.63. The van der Waals surface area contributed by atoms with Crippen LogP contribution >= 0.6 is 0 Å². The van der Waals surface area contributed by atoms with Gasteiger partial charge in [0, 0.05) is 12.8 Å². The van der Waals surface area contributed by atoms with Gasteiger partial charge in [-0.2, -0.15) is 0 Å². The summed E-state index contributed by atoms with van der Waals surface area (Å²) >= 11 is 0. The molecule has 0 fully saturated rings. The topological polar surface area (TPSA) is 69.4 Å². The highest BCUT2D eigenvalue weighted by atomic mass is 16.5. The standard InChI is InChI=1S/C14H25N3O2/c1-5-14(6-2,19-7-3)13(17-15)11-8-12(18-4)10-16-9-11/h8-10,13,17H,5-7,15H2,1-4H3. The summed E-state index contributed by atoms with van der Waals surface area (Å²) in [6.07, 6.45) is 5.20. The first-order valence-corrected chi connectivity index (χ1v) is 6.76. The SMILES string of the molecule is CCOC(CC)(CC)C(NN)c1cncc(OC)c1. The number of hydrogen-bond donors (Lipinski definition) is 2. The Balaban J connectivity index is 3.14. The van der Waals surface area contributed by atoms with Crippen LogP contribution in [0.5, 0.6) is 5.75 Å². The van der Waals surface area contributed by atoms with Crippen LogP contribution in [0, 0.1) is 0 Å². The summed E-state index contributed by atoms with van der Waals surface area (Å²) in [5.74, 6) is 6.48. The molecule has 0 aliphatic heterocycles. The zero-order valence-electron chi connectivity index (χ0n) is 12.3. The van der Waals surface area contributed by atoms with Gasteiger partial charge in [-0.05, 0) is 31.4 Å². The second-order valence-electron chi connectivity index (χ2n) is 4.46. The van der Waals surface area contributed by atoms with Crippen molar-refractivity contribution in [3.05, 3.63) is 24.0 Å². The molecule has 1 rings (SSSR count). The van der Waals surface area contributed by atoms with Gasteiger partial charge in [0.25, 0.3) is 0 Å². The third-order valence-electron chi connectivity index (χ3n) is 3.62. The molecule has 1 heterocycles. The molecule has 0 spiro atoms. The number of hydrogen-bond acceptors (Lipinski definition) is 5. The van der Waals surface area contributed by atoms with E-state index in [1.807, 2.05) is 13.0 Å². The number of pyridine rings is 1. The van der Waals surface area contributed by atoms with Crippen LogP contribution in [0.15, 0.2) is 18.5 Å². The van der Waals surface area contributed by atoms with Gasteiger partial charge in [-0.15, -0.1) is 0 Å². The van der Waals surface area contributed by atoms with Crippen LogP contribution in [0.25, 0.3) is 0 Å². The van der Waals surface area contributed by atoms with Crippen LogP contribution < -0.4 is 16.0 Å². The van der Waals surface area contributed by atoms with Crippen molar-refractivity contribution in [2.75, 3.05) is 13.7 Å². The number of ether oxygens (including phenoxy) is 2. The molecular weight excluding hydrogens is 242 g/mol. The van der Waals surface area contributed by atoms with Gasteiger partial charge in [0.15, 0.2) is 0 Å². The van der Waals surface area contributed by atoms with Crippen molar-refractivity contribution in [2.45, 2.75) is 45.3 Å². The summed E-state index contributed by atoms with van der Waals surface area (Å²) in [5.41, 5.74) is 3.51. The largest absolute Gasteiger partial charge is 0.495 e. The third kappa shape index (κ3) is 3.43. The second kappa shape index (κ2) is 7.43. The van der Waals surface area contributed by atoms with Gasteiger partial charge in [-0.1, -0.05) is 13.8 Å². The molecule has 0 aliphatic carbocycles. The van der Waals surface area contributed by atoms with Crippen LogP contribution in [-0.4, -0.2) is 24.3 Å². The Morgan fingerprint density at radius 2 is 2.00 bits per heavy atom. The fourth-order valence-electron chi connectivity index (χ4n) is 2.49. The molecule has 0 aliphatic rings. The van der Waals surface area contributed by atoms with Crippen LogP contribution in [0.4, 0.5) is 0 Å². The fraction of sp³-hybridized carbons (Fsp3) is 0.643. The normalized spacial score (nSPS) is 13.3. The van der Waals surface area contributed by atoms with E-state index < -0.39 is 0 Å². The minimum atomic E-state index is -0.336. The first-order valence-electron chi connectivity index (χ1n) is 6.76. The van der Waals surface area contributed by atoms with Crippen molar-refractivity contribution in [2.24, 2.45) is 5.84 Å². The maximum absolute atomic E-state index is 6.00. The summed E-state index contributed by atoms with van der Waals surface area (Å²) < 4.78 is 11.2. The third-order valence-corrected chi connectivity index (χ3v) is 3.62. The molecule has 3 N–H and O–H groups in total. The van der Waals surface area contributed by atoms with E-state index in [0.717, 1.165) is 24.2 Å². The molecule has 0 saturated heterocycles. The molecule has 19 heavy (non-hydrogen) atoms. The summed E-state index contributed by atoms with van der Waals surface area (Å²) in [6.45, 7) is 6.86. The molecule has 1 aromatic rings. The second-order valence-corrected chi connectivity index (χ2v) is 4.46. The van der Waals surface area contributed by atoms with Crippen LogP contribution in [-0.2, 0) is 4.74 Å². The predicted octanol–water partition coefficient (Wildman–Crippen LogP) is 2.19. The minimum absolute atomic E-state index is 0.120. The number of hydrazine groups is 1. The van der Waals surface area contributed by atoms with E-state index in [-0.39, 0.29) is 11.6 Å². The number of nitrogens with one attached hydrogen (secondary N) is 1. The van der Waals surface area contributed by atoms with E-state index in [1.54, 1.807) is 19.5 Å². The number of nitrogens with zero attached hydrogens (tertiary/aromatic N) is 1. The van der Waals surface area contributed by atoms with E-state index in [4.69, 9.17) is 15.3 Å². The van der Waals surface area contributed by atoms with Crippen LogP contribution in [0.3, 0.4) is 0 Å². The molecule has 0 saturated carbocycles. The van der Waals surface area contributed by atoms with E-state index in [9.17, 15) is 0 Å². The maximum Gasteiger partial charge on any atom is 0.137 e. The van der Waals surface area contributed by atoms with Gasteiger partial charge in [-0.3, -0.25) is 16.3 Å². The lowest BCUT2D eigenvalue weighted by molar-refractivity contribution is -0.0735. The number of aromatic nitrogens is 1. The lowest BCUT2D eigenvalue weighted by Gasteiger charge is -2.39. The molecule has 0 aromatic carbocycles. The van der Waals surface area contributed by atoms with Crippen molar-refractivity contribution in [3.63, 3.8) is 0 Å². The maximum atomic E-state index is 6.00. The lowest BCUT2D eigenvalue weighted by Crippen LogP contribution is -2.48. The van der Waals surface area contributed by atoms with Gasteiger partial charge < -0.3 is 9.47 Å². The van der Waals surface area contributed by atoms with E-state index >= 15 is 0 Å². The number of rotatable bonds is 8. The zero-order valence-corrected chi connectivity index (χ0v) is 12.3. The van der Waals surface area contributed by atoms with Crippen molar-refractivity contribution in [1.29, 1.82) is 0 Å². The quantitative estimate of drug-likeness (QED) is 0.558. The highest BCUT2D eigenvalue weighted by molar-refractivity contribution is 5.28. The number of nitrogens with two attached hydrogens (primary N) is 1.